The maximum absolute atomic E-state index is 10.7. The van der Waals surface area contributed by atoms with Crippen LogP contribution in [0.3, 0.4) is 0 Å². The highest BCUT2D eigenvalue weighted by Crippen LogP contribution is 2.29. The number of aromatic hydroxyl groups is 1. The fraction of sp³-hybridized carbons (Fsp3) is 0.250. The molecule has 0 radical (unpaired) electrons. The highest BCUT2D eigenvalue weighted by atomic mass is 35.5. The van der Waals surface area contributed by atoms with Gasteiger partial charge in [-0.25, -0.2) is 0 Å². The molecule has 2 aromatic carbocycles. The van der Waals surface area contributed by atoms with Crippen molar-refractivity contribution in [3.63, 3.8) is 0 Å². The van der Waals surface area contributed by atoms with E-state index in [2.05, 4.69) is 17.0 Å². The minimum absolute atomic E-state index is 0.125. The first-order chi connectivity index (χ1) is 13.1. The van der Waals surface area contributed by atoms with Crippen LogP contribution < -0.4 is 4.90 Å². The molecule has 1 aliphatic heterocycles. The largest absolute Gasteiger partial charge is 0.493 e. The number of hydrogen-bond acceptors (Lipinski definition) is 4. The van der Waals surface area contributed by atoms with Crippen LogP contribution in [-0.2, 0) is 4.74 Å². The van der Waals surface area contributed by atoms with E-state index in [1.165, 1.54) is 0 Å². The van der Waals surface area contributed by atoms with Gasteiger partial charge in [0.2, 0.25) is 5.88 Å². The van der Waals surface area contributed by atoms with E-state index in [1.807, 2.05) is 35.8 Å². The lowest BCUT2D eigenvalue weighted by molar-refractivity contribution is 0.122. The molecule has 3 aromatic rings. The number of anilines is 1. The Labute approximate surface area is 168 Å². The summed E-state index contributed by atoms with van der Waals surface area (Å²) in [6.45, 7) is 5.15. The van der Waals surface area contributed by atoms with E-state index in [4.69, 9.17) is 28.6 Å². The van der Waals surface area contributed by atoms with Crippen molar-refractivity contribution in [2.45, 2.75) is 6.92 Å². The average molecular weight is 402 g/mol. The number of ether oxygens (including phenoxy) is 1. The smallest absolute Gasteiger partial charge is 0.218 e. The third-order valence-electron chi connectivity index (χ3n) is 4.82. The van der Waals surface area contributed by atoms with Crippen LogP contribution in [0.15, 0.2) is 48.5 Å². The first-order valence-electron chi connectivity index (χ1n) is 8.78. The first kappa shape index (κ1) is 18.1. The molecule has 0 saturated carbocycles. The quantitative estimate of drug-likeness (QED) is 0.656. The number of nitrogens with zero attached hydrogens (tertiary/aromatic N) is 3. The maximum atomic E-state index is 10.7. The summed E-state index contributed by atoms with van der Waals surface area (Å²) in [5, 5.41) is 11.3. The Bertz CT molecular complexity index is 1000. The van der Waals surface area contributed by atoms with Crippen LogP contribution >= 0.6 is 23.8 Å². The van der Waals surface area contributed by atoms with Crippen LogP contribution in [0.5, 0.6) is 5.88 Å². The third kappa shape index (κ3) is 3.36. The zero-order chi connectivity index (χ0) is 19.0. The zero-order valence-corrected chi connectivity index (χ0v) is 16.5. The Balaban J connectivity index is 1.73. The highest BCUT2D eigenvalue weighted by Gasteiger charge is 2.17. The monoisotopic (exact) mass is 401 g/mol. The fourth-order valence-electron chi connectivity index (χ4n) is 3.36. The van der Waals surface area contributed by atoms with Crippen molar-refractivity contribution < 1.29 is 9.84 Å². The number of halogens is 1. The van der Waals surface area contributed by atoms with Crippen molar-refractivity contribution in [2.75, 3.05) is 31.2 Å². The SMILES string of the molecule is Cc1c(O)n(-c2ccc(Cl)cc2)c(=S)n1-c1ccc(N2CCOCC2)cc1. The molecule has 0 aliphatic carbocycles. The Morgan fingerprint density at radius 3 is 2.04 bits per heavy atom. The normalized spacial score (nSPS) is 14.5. The van der Waals surface area contributed by atoms with Crippen LogP contribution in [0.2, 0.25) is 5.02 Å². The second-order valence-electron chi connectivity index (χ2n) is 6.45. The molecule has 0 bridgehead atoms. The Hall–Kier alpha value is -2.28. The summed E-state index contributed by atoms with van der Waals surface area (Å²) >= 11 is 11.6. The zero-order valence-electron chi connectivity index (χ0n) is 14.9. The van der Waals surface area contributed by atoms with Crippen molar-refractivity contribution in [3.8, 4) is 17.3 Å². The molecular formula is C20H20ClN3O2S. The van der Waals surface area contributed by atoms with Crippen molar-refractivity contribution >= 4 is 29.5 Å². The van der Waals surface area contributed by atoms with E-state index in [0.29, 0.717) is 15.5 Å². The second kappa shape index (κ2) is 7.38. The van der Waals surface area contributed by atoms with Crippen molar-refractivity contribution in [3.05, 3.63) is 64.0 Å². The van der Waals surface area contributed by atoms with Gasteiger partial charge in [0.25, 0.3) is 0 Å². The van der Waals surface area contributed by atoms with Crippen LogP contribution in [0.25, 0.3) is 11.4 Å². The molecule has 140 valence electrons. The molecule has 0 amide bonds. The summed E-state index contributed by atoms with van der Waals surface area (Å²) in [4.78, 5) is 2.30. The molecule has 1 aromatic heterocycles. The minimum Gasteiger partial charge on any atom is -0.493 e. The van der Waals surface area contributed by atoms with Crippen molar-refractivity contribution in [2.24, 2.45) is 0 Å². The second-order valence-corrected chi connectivity index (χ2v) is 7.26. The van der Waals surface area contributed by atoms with Gasteiger partial charge >= 0.3 is 0 Å². The van der Waals surface area contributed by atoms with Crippen LogP contribution in [-0.4, -0.2) is 40.5 Å². The van der Waals surface area contributed by atoms with Gasteiger partial charge in [-0.2, -0.15) is 0 Å². The van der Waals surface area contributed by atoms with Gasteiger partial charge in [0, 0.05) is 29.5 Å². The van der Waals surface area contributed by atoms with E-state index >= 15 is 0 Å². The van der Waals surface area contributed by atoms with Gasteiger partial charge in [0.15, 0.2) is 4.77 Å². The molecule has 0 spiro atoms. The number of hydrogen-bond donors (Lipinski definition) is 1. The van der Waals surface area contributed by atoms with E-state index in [0.717, 1.165) is 43.4 Å². The van der Waals surface area contributed by atoms with E-state index in [9.17, 15) is 5.11 Å². The molecule has 1 N–H and O–H groups in total. The van der Waals surface area contributed by atoms with Gasteiger partial charge in [-0.05, 0) is 67.7 Å². The molecule has 0 atom stereocenters. The van der Waals surface area contributed by atoms with Gasteiger partial charge in [-0.3, -0.25) is 9.13 Å². The topological polar surface area (TPSA) is 42.6 Å². The van der Waals surface area contributed by atoms with Crippen LogP contribution in [0, 0.1) is 11.7 Å². The van der Waals surface area contributed by atoms with E-state index in [1.54, 1.807) is 16.7 Å². The Kier molecular flexibility index (Phi) is 4.95. The third-order valence-corrected chi connectivity index (χ3v) is 5.44. The van der Waals surface area contributed by atoms with E-state index < -0.39 is 0 Å². The molecule has 2 heterocycles. The lowest BCUT2D eigenvalue weighted by atomic mass is 10.2. The van der Waals surface area contributed by atoms with Gasteiger partial charge in [-0.15, -0.1) is 0 Å². The number of morpholine rings is 1. The van der Waals surface area contributed by atoms with Gasteiger partial charge in [0.1, 0.15) is 0 Å². The van der Waals surface area contributed by atoms with Gasteiger partial charge in [-0.1, -0.05) is 11.6 Å². The molecule has 7 heteroatoms. The maximum Gasteiger partial charge on any atom is 0.218 e. The standard InChI is InChI=1S/C20H20ClN3O2S/c1-14-19(25)24(18-4-2-15(21)3-5-18)20(27)23(14)17-8-6-16(7-9-17)22-10-12-26-13-11-22/h2-9,25H,10-13H2,1H3. The first-order valence-corrected chi connectivity index (χ1v) is 9.57. The number of rotatable bonds is 3. The molecule has 5 nitrogen and oxygen atoms in total. The predicted molar refractivity (Wildman–Crippen MR) is 110 cm³/mol. The van der Waals surface area contributed by atoms with E-state index in [-0.39, 0.29) is 5.88 Å². The molecule has 1 saturated heterocycles. The van der Waals surface area contributed by atoms with Crippen LogP contribution in [0.1, 0.15) is 5.69 Å². The molecule has 0 unspecified atom stereocenters. The summed E-state index contributed by atoms with van der Waals surface area (Å²) < 4.78 is 9.45. The molecule has 4 rings (SSSR count). The predicted octanol–water partition coefficient (Wildman–Crippen LogP) is 4.50. The Morgan fingerprint density at radius 2 is 1.41 bits per heavy atom. The van der Waals surface area contributed by atoms with Gasteiger partial charge in [0.05, 0.1) is 24.6 Å². The highest BCUT2D eigenvalue weighted by molar-refractivity contribution is 7.71. The number of aromatic nitrogens is 2. The minimum atomic E-state index is 0.125. The Morgan fingerprint density at radius 1 is 0.889 bits per heavy atom. The lowest BCUT2D eigenvalue weighted by Gasteiger charge is -2.29. The summed E-state index contributed by atoms with van der Waals surface area (Å²) in [6.07, 6.45) is 0. The summed E-state index contributed by atoms with van der Waals surface area (Å²) in [5.41, 5.74) is 3.54. The van der Waals surface area contributed by atoms with Crippen LogP contribution in [0.4, 0.5) is 5.69 Å². The summed E-state index contributed by atoms with van der Waals surface area (Å²) in [6, 6.07) is 15.5. The summed E-state index contributed by atoms with van der Waals surface area (Å²) in [7, 11) is 0. The van der Waals surface area contributed by atoms with Crippen molar-refractivity contribution in [1.29, 1.82) is 0 Å². The average Bonchev–Trinajstić information content (AvgIpc) is 2.92. The molecule has 1 aliphatic rings. The molecule has 27 heavy (non-hydrogen) atoms. The summed E-state index contributed by atoms with van der Waals surface area (Å²) in [5.74, 6) is 0.125. The van der Waals surface area contributed by atoms with Crippen molar-refractivity contribution in [1.82, 2.24) is 9.13 Å². The lowest BCUT2D eigenvalue weighted by Crippen LogP contribution is -2.36. The fourth-order valence-corrected chi connectivity index (χ4v) is 3.92. The molecule has 1 fully saturated rings. The number of benzene rings is 2. The molecular weight excluding hydrogens is 382 g/mol. The van der Waals surface area contributed by atoms with Gasteiger partial charge < -0.3 is 14.7 Å². The number of imidazole rings is 1.